The van der Waals surface area contributed by atoms with Crippen LogP contribution in [0.15, 0.2) is 85.1 Å². The highest BCUT2D eigenvalue weighted by atomic mass is 31.2. The van der Waals surface area contributed by atoms with E-state index in [-0.39, 0.29) is 26.1 Å². The molecule has 2 atom stereocenters. The van der Waals surface area contributed by atoms with Crippen LogP contribution in [0.25, 0.3) is 0 Å². The van der Waals surface area contributed by atoms with E-state index in [2.05, 4.69) is 98.9 Å². The molecule has 0 rings (SSSR count). The number of hydrogen-bond acceptors (Lipinski definition) is 8. The summed E-state index contributed by atoms with van der Waals surface area (Å²) in [6, 6.07) is 0. The molecule has 0 aromatic rings. The second-order valence-electron chi connectivity index (χ2n) is 16.4. The summed E-state index contributed by atoms with van der Waals surface area (Å²) in [4.78, 5) is 37.4. The van der Waals surface area contributed by atoms with E-state index in [1.807, 2.05) is 21.1 Å². The van der Waals surface area contributed by atoms with Crippen molar-refractivity contribution in [1.82, 2.24) is 0 Å². The Morgan fingerprint density at radius 3 is 1.42 bits per heavy atom. The molecule has 0 N–H and O–H groups in total. The molecule has 0 heterocycles. The zero-order valence-electron chi connectivity index (χ0n) is 38.6. The quantitative estimate of drug-likeness (QED) is 0.0196. The fraction of sp³-hybridized carbons (Fsp3) is 0.680. The van der Waals surface area contributed by atoms with E-state index in [1.54, 1.807) is 0 Å². The van der Waals surface area contributed by atoms with Crippen molar-refractivity contribution < 1.29 is 42.1 Å². The first-order valence-corrected chi connectivity index (χ1v) is 24.8. The number of quaternary nitrogens is 1. The van der Waals surface area contributed by atoms with Crippen LogP contribution < -0.4 is 4.89 Å². The summed E-state index contributed by atoms with van der Waals surface area (Å²) in [6.07, 6.45) is 53.5. The molecule has 9 nitrogen and oxygen atoms in total. The minimum atomic E-state index is -4.63. The van der Waals surface area contributed by atoms with Crippen molar-refractivity contribution in [3.05, 3.63) is 85.1 Å². The van der Waals surface area contributed by atoms with Gasteiger partial charge < -0.3 is 27.9 Å². The van der Waals surface area contributed by atoms with Crippen molar-refractivity contribution in [2.45, 2.75) is 174 Å². The summed E-state index contributed by atoms with van der Waals surface area (Å²) >= 11 is 0. The molecule has 0 aromatic heterocycles. The van der Waals surface area contributed by atoms with E-state index in [4.69, 9.17) is 18.5 Å². The summed E-state index contributed by atoms with van der Waals surface area (Å²) in [5.41, 5.74) is 0. The maximum absolute atomic E-state index is 12.7. The second kappa shape index (κ2) is 41.5. The van der Waals surface area contributed by atoms with Gasteiger partial charge in [0.1, 0.15) is 19.8 Å². The number of unbranched alkanes of at least 4 members (excludes halogenated alkanes) is 13. The zero-order chi connectivity index (χ0) is 44.3. The first-order valence-electron chi connectivity index (χ1n) is 23.3. The Labute approximate surface area is 367 Å². The van der Waals surface area contributed by atoms with Crippen LogP contribution in [0.1, 0.15) is 168 Å². The van der Waals surface area contributed by atoms with Crippen LogP contribution in [-0.4, -0.2) is 70.0 Å². The monoisotopic (exact) mass is 860 g/mol. The van der Waals surface area contributed by atoms with E-state index in [0.717, 1.165) is 96.3 Å². The SMILES string of the molecule is CC/C=C\C/C=C\C/C=C\C/C=C\C/C=C\C/C=C\C/C=C\CCCCCCCCCC(=O)OC(COC(=O)CCCCCCCCC)COP(=O)([O-])OCC[N+](C)(C)C. The molecular weight excluding hydrogens is 774 g/mol. The Hall–Kier alpha value is -2.81. The largest absolute Gasteiger partial charge is 0.756 e. The van der Waals surface area contributed by atoms with E-state index in [9.17, 15) is 19.0 Å². The van der Waals surface area contributed by atoms with Crippen molar-refractivity contribution in [2.75, 3.05) is 47.5 Å². The van der Waals surface area contributed by atoms with Gasteiger partial charge in [-0.1, -0.05) is 170 Å². The number of ether oxygens (including phenoxy) is 2. The van der Waals surface area contributed by atoms with Crippen LogP contribution in [-0.2, 0) is 32.7 Å². The van der Waals surface area contributed by atoms with Crippen LogP contribution in [0, 0.1) is 0 Å². The maximum Gasteiger partial charge on any atom is 0.306 e. The van der Waals surface area contributed by atoms with Crippen LogP contribution in [0.5, 0.6) is 0 Å². The third-order valence-electron chi connectivity index (χ3n) is 9.43. The Balaban J connectivity index is 4.18. The number of nitrogens with zero attached hydrogens (tertiary/aromatic N) is 1. The summed E-state index contributed by atoms with van der Waals surface area (Å²) < 4.78 is 33.8. The molecule has 344 valence electrons. The fourth-order valence-electron chi connectivity index (χ4n) is 5.81. The minimum absolute atomic E-state index is 0.0368. The second-order valence-corrected chi connectivity index (χ2v) is 17.8. The summed E-state index contributed by atoms with van der Waals surface area (Å²) in [5, 5.41) is 0. The molecule has 0 aromatic carbocycles. The molecule has 0 radical (unpaired) electrons. The van der Waals surface area contributed by atoms with Gasteiger partial charge in [-0.3, -0.25) is 14.2 Å². The highest BCUT2D eigenvalue weighted by molar-refractivity contribution is 7.45. The van der Waals surface area contributed by atoms with E-state index in [0.29, 0.717) is 17.4 Å². The third-order valence-corrected chi connectivity index (χ3v) is 10.4. The average Bonchev–Trinajstić information content (AvgIpc) is 3.20. The molecule has 2 unspecified atom stereocenters. The highest BCUT2D eigenvalue weighted by Gasteiger charge is 2.21. The molecule has 0 saturated carbocycles. The van der Waals surface area contributed by atoms with Gasteiger partial charge >= 0.3 is 11.9 Å². The van der Waals surface area contributed by atoms with Crippen LogP contribution in [0.4, 0.5) is 0 Å². The van der Waals surface area contributed by atoms with Crippen molar-refractivity contribution in [3.63, 3.8) is 0 Å². The van der Waals surface area contributed by atoms with Gasteiger partial charge in [-0.15, -0.1) is 0 Å². The Morgan fingerprint density at radius 2 is 0.950 bits per heavy atom. The van der Waals surface area contributed by atoms with Crippen molar-refractivity contribution >= 4 is 19.8 Å². The molecular formula is C50H86NO8P. The van der Waals surface area contributed by atoms with Gasteiger partial charge in [0.2, 0.25) is 0 Å². The molecule has 0 fully saturated rings. The van der Waals surface area contributed by atoms with Gasteiger partial charge in [-0.2, -0.15) is 0 Å². The molecule has 0 bridgehead atoms. The lowest BCUT2D eigenvalue weighted by Gasteiger charge is -2.28. The molecule has 10 heteroatoms. The Morgan fingerprint density at radius 1 is 0.533 bits per heavy atom. The topological polar surface area (TPSA) is 111 Å². The molecule has 0 aliphatic rings. The molecule has 0 aliphatic heterocycles. The lowest BCUT2D eigenvalue weighted by Crippen LogP contribution is -2.37. The van der Waals surface area contributed by atoms with Gasteiger partial charge in [0, 0.05) is 12.8 Å². The van der Waals surface area contributed by atoms with Gasteiger partial charge in [-0.05, 0) is 70.6 Å². The third kappa shape index (κ3) is 44.7. The number of allylic oxidation sites excluding steroid dienone is 14. The number of likely N-dealkylation sites (N-methyl/N-ethyl adjacent to an activating group) is 1. The van der Waals surface area contributed by atoms with Gasteiger partial charge in [0.15, 0.2) is 6.10 Å². The number of esters is 2. The Kier molecular flexibility index (Phi) is 39.6. The lowest BCUT2D eigenvalue weighted by molar-refractivity contribution is -0.870. The standard InChI is InChI=1S/C50H86NO8P/c1-6-8-10-12-14-15-16-17-18-19-20-21-22-23-24-25-26-27-28-29-30-31-32-33-34-35-37-39-41-43-50(53)59-48(47-58-60(54,55)57-45-44-51(3,4)5)46-56-49(52)42-40-38-36-13-11-9-7-2/h8,10,14-15,17-18,20-21,23-24,26-27,29-30,48H,6-7,9,11-13,16,19,22,25,28,31-47H2,1-5H3/b10-8-,15-14-,18-17-,21-20-,24-23-,27-26-,30-29-. The Bertz CT molecular complexity index is 1290. The van der Waals surface area contributed by atoms with Gasteiger partial charge in [0.05, 0.1) is 27.7 Å². The molecule has 60 heavy (non-hydrogen) atoms. The number of carbonyl (C=O) groups is 2. The predicted molar refractivity (Wildman–Crippen MR) is 249 cm³/mol. The maximum atomic E-state index is 12.7. The number of phosphoric acid groups is 1. The van der Waals surface area contributed by atoms with Crippen LogP contribution in [0.2, 0.25) is 0 Å². The van der Waals surface area contributed by atoms with E-state index in [1.165, 1.54) is 38.5 Å². The van der Waals surface area contributed by atoms with Crippen LogP contribution in [0.3, 0.4) is 0 Å². The zero-order valence-corrected chi connectivity index (χ0v) is 39.5. The summed E-state index contributed by atoms with van der Waals surface area (Å²) in [5.74, 6) is -0.861. The van der Waals surface area contributed by atoms with Crippen molar-refractivity contribution in [3.8, 4) is 0 Å². The van der Waals surface area contributed by atoms with Gasteiger partial charge in [-0.25, -0.2) is 0 Å². The lowest BCUT2D eigenvalue weighted by atomic mass is 10.1. The first kappa shape index (κ1) is 57.2. The molecule has 0 amide bonds. The number of carbonyl (C=O) groups excluding carboxylic acids is 2. The average molecular weight is 860 g/mol. The summed E-state index contributed by atoms with van der Waals surface area (Å²) in [7, 11) is 1.14. The molecule has 0 aliphatic carbocycles. The molecule has 0 saturated heterocycles. The summed E-state index contributed by atoms with van der Waals surface area (Å²) in [6.45, 7) is 4.03. The minimum Gasteiger partial charge on any atom is -0.756 e. The predicted octanol–water partition coefficient (Wildman–Crippen LogP) is 12.9. The van der Waals surface area contributed by atoms with E-state index >= 15 is 0 Å². The van der Waals surface area contributed by atoms with Gasteiger partial charge in [0.25, 0.3) is 7.82 Å². The van der Waals surface area contributed by atoms with Crippen LogP contribution >= 0.6 is 7.82 Å². The number of phosphoric ester groups is 1. The fourth-order valence-corrected chi connectivity index (χ4v) is 6.54. The normalized spacial score (nSPS) is 14.3. The smallest absolute Gasteiger partial charge is 0.306 e. The highest BCUT2D eigenvalue weighted by Crippen LogP contribution is 2.38. The number of rotatable bonds is 41. The van der Waals surface area contributed by atoms with Crippen molar-refractivity contribution in [2.24, 2.45) is 0 Å². The molecule has 0 spiro atoms. The van der Waals surface area contributed by atoms with Crippen molar-refractivity contribution in [1.29, 1.82) is 0 Å². The van der Waals surface area contributed by atoms with E-state index < -0.39 is 32.5 Å². The first-order chi connectivity index (χ1) is 29.0. The number of hydrogen-bond donors (Lipinski definition) is 0.